The first-order valence-electron chi connectivity index (χ1n) is 5.21. The highest BCUT2D eigenvalue weighted by Crippen LogP contribution is 2.13. The van der Waals surface area contributed by atoms with E-state index in [4.69, 9.17) is 10.5 Å². The van der Waals surface area contributed by atoms with Crippen molar-refractivity contribution < 1.29 is 4.74 Å². The van der Waals surface area contributed by atoms with Crippen LogP contribution in [-0.4, -0.2) is 34.2 Å². The lowest BCUT2D eigenvalue weighted by Crippen LogP contribution is -2.24. The minimum atomic E-state index is -0.111. The van der Waals surface area contributed by atoms with Crippen molar-refractivity contribution in [1.29, 1.82) is 0 Å². The molecule has 5 nitrogen and oxygen atoms in total. The minimum absolute atomic E-state index is 0.111. The van der Waals surface area contributed by atoms with Crippen molar-refractivity contribution in [1.82, 2.24) is 15.0 Å². The van der Waals surface area contributed by atoms with Crippen LogP contribution < -0.4 is 5.73 Å². The standard InChI is InChI=1S/C10H20N4O/c1-10(2,15-3)5-7-14-8-9(4-6-11)12-13-14/h8H,4-7,11H2,1-3H3. The van der Waals surface area contributed by atoms with Crippen LogP contribution >= 0.6 is 0 Å². The predicted molar refractivity (Wildman–Crippen MR) is 58.5 cm³/mol. The monoisotopic (exact) mass is 212 g/mol. The molecule has 0 radical (unpaired) electrons. The topological polar surface area (TPSA) is 66.0 Å². The van der Waals surface area contributed by atoms with Crippen molar-refractivity contribution in [3.63, 3.8) is 0 Å². The second-order valence-electron chi connectivity index (χ2n) is 4.23. The Labute approximate surface area is 90.6 Å². The van der Waals surface area contributed by atoms with Crippen LogP contribution in [0.2, 0.25) is 0 Å². The molecule has 0 spiro atoms. The van der Waals surface area contributed by atoms with Crippen LogP contribution in [0.3, 0.4) is 0 Å². The van der Waals surface area contributed by atoms with Crippen molar-refractivity contribution >= 4 is 0 Å². The maximum absolute atomic E-state index is 5.44. The molecule has 0 atom stereocenters. The highest BCUT2D eigenvalue weighted by atomic mass is 16.5. The molecule has 0 saturated heterocycles. The van der Waals surface area contributed by atoms with Gasteiger partial charge in [0.2, 0.25) is 0 Å². The van der Waals surface area contributed by atoms with Gasteiger partial charge in [-0.25, -0.2) is 0 Å². The van der Waals surface area contributed by atoms with Gasteiger partial charge in [0.1, 0.15) is 0 Å². The predicted octanol–water partition coefficient (Wildman–Crippen LogP) is 0.594. The van der Waals surface area contributed by atoms with E-state index in [1.807, 2.05) is 10.9 Å². The maximum atomic E-state index is 5.44. The molecule has 15 heavy (non-hydrogen) atoms. The van der Waals surface area contributed by atoms with E-state index in [2.05, 4.69) is 24.2 Å². The molecule has 2 N–H and O–H groups in total. The third-order valence-corrected chi connectivity index (χ3v) is 2.48. The second kappa shape index (κ2) is 5.23. The molecule has 86 valence electrons. The summed E-state index contributed by atoms with van der Waals surface area (Å²) in [6, 6.07) is 0. The smallest absolute Gasteiger partial charge is 0.0839 e. The van der Waals surface area contributed by atoms with Crippen molar-refractivity contribution in [2.75, 3.05) is 13.7 Å². The molecule has 0 bridgehead atoms. The highest BCUT2D eigenvalue weighted by molar-refractivity contribution is 4.92. The average molecular weight is 212 g/mol. The van der Waals surface area contributed by atoms with Gasteiger partial charge in [0.05, 0.1) is 11.3 Å². The van der Waals surface area contributed by atoms with Crippen LogP contribution in [0, 0.1) is 0 Å². The van der Waals surface area contributed by atoms with Crippen LogP contribution in [0.15, 0.2) is 6.20 Å². The first-order valence-corrected chi connectivity index (χ1v) is 5.21. The van der Waals surface area contributed by atoms with Gasteiger partial charge in [-0.15, -0.1) is 5.10 Å². The number of aromatic nitrogens is 3. The lowest BCUT2D eigenvalue weighted by Gasteiger charge is -2.22. The Hall–Kier alpha value is -0.940. The van der Waals surface area contributed by atoms with Gasteiger partial charge in [0.25, 0.3) is 0 Å². The molecule has 1 heterocycles. The van der Waals surface area contributed by atoms with E-state index in [1.165, 1.54) is 0 Å². The van der Waals surface area contributed by atoms with Gasteiger partial charge in [-0.05, 0) is 26.8 Å². The first-order chi connectivity index (χ1) is 7.07. The number of ether oxygens (including phenoxy) is 1. The Morgan fingerprint density at radius 3 is 2.87 bits per heavy atom. The molecule has 0 aliphatic heterocycles. The molecule has 0 aliphatic rings. The van der Waals surface area contributed by atoms with Gasteiger partial charge >= 0.3 is 0 Å². The molecule has 0 aromatic carbocycles. The van der Waals surface area contributed by atoms with E-state index in [-0.39, 0.29) is 5.60 Å². The molecule has 0 saturated carbocycles. The quantitative estimate of drug-likeness (QED) is 0.749. The molecular formula is C10H20N4O. The number of aryl methyl sites for hydroxylation is 1. The first kappa shape index (κ1) is 12.1. The summed E-state index contributed by atoms with van der Waals surface area (Å²) in [7, 11) is 1.72. The zero-order valence-corrected chi connectivity index (χ0v) is 9.73. The molecule has 5 heteroatoms. The summed E-state index contributed by atoms with van der Waals surface area (Å²) in [5.41, 5.74) is 6.28. The van der Waals surface area contributed by atoms with Crippen LogP contribution in [0.5, 0.6) is 0 Å². The third kappa shape index (κ3) is 3.97. The van der Waals surface area contributed by atoms with Gasteiger partial charge in [0, 0.05) is 26.3 Å². The molecule has 1 aromatic heterocycles. The number of methoxy groups -OCH3 is 1. The number of rotatable bonds is 6. The van der Waals surface area contributed by atoms with E-state index in [9.17, 15) is 0 Å². The van der Waals surface area contributed by atoms with Gasteiger partial charge in [-0.1, -0.05) is 5.21 Å². The maximum Gasteiger partial charge on any atom is 0.0839 e. The zero-order chi connectivity index (χ0) is 11.3. The van der Waals surface area contributed by atoms with Crippen molar-refractivity contribution in [2.24, 2.45) is 5.73 Å². The SMILES string of the molecule is COC(C)(C)CCn1cc(CCN)nn1. The number of nitrogens with zero attached hydrogens (tertiary/aromatic N) is 3. The minimum Gasteiger partial charge on any atom is -0.379 e. The second-order valence-corrected chi connectivity index (χ2v) is 4.23. The molecule has 0 unspecified atom stereocenters. The van der Waals surface area contributed by atoms with E-state index in [0.29, 0.717) is 6.54 Å². The van der Waals surface area contributed by atoms with Crippen molar-refractivity contribution in [3.8, 4) is 0 Å². The van der Waals surface area contributed by atoms with Crippen LogP contribution in [0.1, 0.15) is 26.0 Å². The third-order valence-electron chi connectivity index (χ3n) is 2.48. The summed E-state index contributed by atoms with van der Waals surface area (Å²) < 4.78 is 7.17. The normalized spacial score (nSPS) is 12.0. The van der Waals surface area contributed by atoms with E-state index >= 15 is 0 Å². The fraction of sp³-hybridized carbons (Fsp3) is 0.800. The fourth-order valence-electron chi connectivity index (χ4n) is 1.20. The lowest BCUT2D eigenvalue weighted by atomic mass is 10.1. The Kier molecular flexibility index (Phi) is 4.23. The molecule has 0 aliphatic carbocycles. The molecule has 0 fully saturated rings. The van der Waals surface area contributed by atoms with Gasteiger partial charge in [-0.2, -0.15) is 0 Å². The van der Waals surface area contributed by atoms with Gasteiger partial charge in [-0.3, -0.25) is 4.68 Å². The molecular weight excluding hydrogens is 192 g/mol. The Morgan fingerprint density at radius 1 is 1.53 bits per heavy atom. The van der Waals surface area contributed by atoms with Crippen LogP contribution in [0.4, 0.5) is 0 Å². The summed E-state index contributed by atoms with van der Waals surface area (Å²) in [6.07, 6.45) is 3.64. The summed E-state index contributed by atoms with van der Waals surface area (Å²) >= 11 is 0. The molecule has 1 aromatic rings. The number of nitrogens with two attached hydrogens (primary N) is 1. The Balaban J connectivity index is 2.44. The number of hydrogen-bond donors (Lipinski definition) is 1. The van der Waals surface area contributed by atoms with Crippen LogP contribution in [0.25, 0.3) is 0 Å². The lowest BCUT2D eigenvalue weighted by molar-refractivity contribution is 0.0112. The highest BCUT2D eigenvalue weighted by Gasteiger charge is 2.16. The zero-order valence-electron chi connectivity index (χ0n) is 9.73. The van der Waals surface area contributed by atoms with Gasteiger partial charge in [0.15, 0.2) is 0 Å². The largest absolute Gasteiger partial charge is 0.379 e. The van der Waals surface area contributed by atoms with E-state index in [1.54, 1.807) is 7.11 Å². The summed E-state index contributed by atoms with van der Waals surface area (Å²) in [5.74, 6) is 0. The van der Waals surface area contributed by atoms with Gasteiger partial charge < -0.3 is 10.5 Å². The average Bonchev–Trinajstić information content (AvgIpc) is 2.64. The summed E-state index contributed by atoms with van der Waals surface area (Å²) in [5, 5.41) is 8.05. The molecule has 1 rings (SSSR count). The summed E-state index contributed by atoms with van der Waals surface area (Å²) in [4.78, 5) is 0. The van der Waals surface area contributed by atoms with E-state index < -0.39 is 0 Å². The van der Waals surface area contributed by atoms with E-state index in [0.717, 1.165) is 25.1 Å². The van der Waals surface area contributed by atoms with Crippen LogP contribution in [-0.2, 0) is 17.7 Å². The number of hydrogen-bond acceptors (Lipinski definition) is 4. The fourth-order valence-corrected chi connectivity index (χ4v) is 1.20. The Morgan fingerprint density at radius 2 is 2.27 bits per heavy atom. The van der Waals surface area contributed by atoms with Crippen molar-refractivity contribution in [2.45, 2.75) is 38.8 Å². The van der Waals surface area contributed by atoms with Crippen molar-refractivity contribution in [3.05, 3.63) is 11.9 Å². The Bertz CT molecular complexity index is 295. The summed E-state index contributed by atoms with van der Waals surface area (Å²) in [6.45, 7) is 5.55. The molecule has 0 amide bonds.